The molecule has 1 fully saturated rings. The smallest absolute Gasteiger partial charge is 0.223 e. The lowest BCUT2D eigenvalue weighted by Crippen LogP contribution is -2.39. The molecule has 3 aromatic rings. The van der Waals surface area contributed by atoms with Gasteiger partial charge >= 0.3 is 0 Å². The summed E-state index contributed by atoms with van der Waals surface area (Å²) in [6.45, 7) is 3.43. The number of rotatable bonds is 7. The molecule has 7 heteroatoms. The van der Waals surface area contributed by atoms with E-state index in [-0.39, 0.29) is 11.8 Å². The predicted octanol–water partition coefficient (Wildman–Crippen LogP) is 3.94. The summed E-state index contributed by atoms with van der Waals surface area (Å²) in [7, 11) is 0. The summed E-state index contributed by atoms with van der Waals surface area (Å²) in [5.41, 5.74) is 2.33. The van der Waals surface area contributed by atoms with Crippen LogP contribution >= 0.6 is 11.3 Å². The van der Waals surface area contributed by atoms with E-state index >= 15 is 0 Å². The topological polar surface area (TPSA) is 79.5 Å². The summed E-state index contributed by atoms with van der Waals surface area (Å²) in [5.74, 6) is 1.41. The van der Waals surface area contributed by atoms with E-state index in [1.807, 2.05) is 34.5 Å². The zero-order valence-corrected chi connectivity index (χ0v) is 18.0. The van der Waals surface area contributed by atoms with E-state index in [0.29, 0.717) is 44.1 Å². The van der Waals surface area contributed by atoms with Crippen molar-refractivity contribution < 1.29 is 14.3 Å². The lowest BCUT2D eigenvalue weighted by Gasteiger charge is -2.34. The molecule has 1 atom stereocenters. The van der Waals surface area contributed by atoms with E-state index in [4.69, 9.17) is 4.42 Å². The van der Waals surface area contributed by atoms with Crippen molar-refractivity contribution in [1.82, 2.24) is 15.1 Å². The fraction of sp³-hybridized carbons (Fsp3) is 0.435. The van der Waals surface area contributed by atoms with Crippen molar-refractivity contribution in [3.8, 4) is 0 Å². The second-order valence-corrected chi connectivity index (χ2v) is 8.91. The monoisotopic (exact) mass is 425 g/mol. The summed E-state index contributed by atoms with van der Waals surface area (Å²) >= 11 is 1.59. The van der Waals surface area contributed by atoms with Gasteiger partial charge in [0.25, 0.3) is 0 Å². The van der Waals surface area contributed by atoms with Gasteiger partial charge in [0.1, 0.15) is 0 Å². The van der Waals surface area contributed by atoms with Crippen molar-refractivity contribution in [2.75, 3.05) is 13.1 Å². The zero-order valence-electron chi connectivity index (χ0n) is 17.2. The van der Waals surface area contributed by atoms with E-state index < -0.39 is 6.10 Å². The Balaban J connectivity index is 1.23. The molecule has 4 rings (SSSR count). The van der Waals surface area contributed by atoms with Crippen LogP contribution in [0.15, 0.2) is 46.2 Å². The lowest BCUT2D eigenvalue weighted by molar-refractivity contribution is -0.133. The Morgan fingerprint density at radius 1 is 1.23 bits per heavy atom. The standard InChI is InChI=1S/C23H27N3O3S/c1-16-4-2-5-17(14-16)15-21-25-24-20(29-21)7-8-22(27)26-11-9-18(10-12-26)23(28)19-6-3-13-30-19/h2-6,13-14,18,23,28H,7-12,15H2,1H3. The third-order valence-corrected chi connectivity index (χ3v) is 6.62. The van der Waals surface area contributed by atoms with Gasteiger partial charge in [0.15, 0.2) is 0 Å². The van der Waals surface area contributed by atoms with Crippen molar-refractivity contribution in [3.05, 3.63) is 69.6 Å². The minimum absolute atomic E-state index is 0.109. The summed E-state index contributed by atoms with van der Waals surface area (Å²) in [5, 5.41) is 20.7. The Morgan fingerprint density at radius 3 is 2.77 bits per heavy atom. The average molecular weight is 426 g/mol. The summed E-state index contributed by atoms with van der Waals surface area (Å²) in [4.78, 5) is 15.5. The van der Waals surface area contributed by atoms with Crippen LogP contribution in [0.25, 0.3) is 0 Å². The SMILES string of the molecule is Cc1cccc(Cc2nnc(CCC(=O)N3CCC(C(O)c4cccs4)CC3)o2)c1. The molecule has 1 N–H and O–H groups in total. The number of carbonyl (C=O) groups excluding carboxylic acids is 1. The number of hydrogen-bond acceptors (Lipinski definition) is 6. The molecule has 1 saturated heterocycles. The third kappa shape index (κ3) is 5.15. The molecule has 2 aromatic heterocycles. The minimum atomic E-state index is -0.424. The molecule has 30 heavy (non-hydrogen) atoms. The van der Waals surface area contributed by atoms with Gasteiger partial charge in [-0.3, -0.25) is 4.79 Å². The molecule has 1 unspecified atom stereocenters. The molecule has 1 aliphatic heterocycles. The van der Waals surface area contributed by atoms with E-state index in [2.05, 4.69) is 29.3 Å². The largest absolute Gasteiger partial charge is 0.425 e. The molecule has 0 radical (unpaired) electrons. The number of hydrogen-bond donors (Lipinski definition) is 1. The summed E-state index contributed by atoms with van der Waals surface area (Å²) in [6, 6.07) is 12.2. The van der Waals surface area contributed by atoms with Crippen molar-refractivity contribution in [2.45, 2.75) is 45.1 Å². The van der Waals surface area contributed by atoms with Gasteiger partial charge < -0.3 is 14.4 Å². The number of amides is 1. The van der Waals surface area contributed by atoms with Gasteiger partial charge in [0.05, 0.1) is 12.5 Å². The minimum Gasteiger partial charge on any atom is -0.425 e. The molecule has 1 aliphatic rings. The normalized spacial score (nSPS) is 16.0. The first-order valence-corrected chi connectivity index (χ1v) is 11.3. The van der Waals surface area contributed by atoms with Gasteiger partial charge in [-0.05, 0) is 42.7 Å². The van der Waals surface area contributed by atoms with E-state index in [9.17, 15) is 9.90 Å². The van der Waals surface area contributed by atoms with Crippen LogP contribution in [-0.2, 0) is 17.6 Å². The van der Waals surface area contributed by atoms with Gasteiger partial charge in [-0.25, -0.2) is 0 Å². The maximum atomic E-state index is 12.6. The Bertz CT molecular complexity index is 962. The number of likely N-dealkylation sites (tertiary alicyclic amines) is 1. The van der Waals surface area contributed by atoms with Gasteiger partial charge in [0.2, 0.25) is 17.7 Å². The molecule has 1 aromatic carbocycles. The zero-order chi connectivity index (χ0) is 20.9. The number of aliphatic hydroxyl groups excluding tert-OH is 1. The summed E-state index contributed by atoms with van der Waals surface area (Å²) < 4.78 is 5.73. The Kier molecular flexibility index (Phi) is 6.59. The van der Waals surface area contributed by atoms with Crippen LogP contribution in [0.5, 0.6) is 0 Å². The molecule has 0 spiro atoms. The van der Waals surface area contributed by atoms with E-state index in [1.54, 1.807) is 11.3 Å². The van der Waals surface area contributed by atoms with Crippen molar-refractivity contribution >= 4 is 17.2 Å². The first kappa shape index (κ1) is 20.8. The molecule has 0 bridgehead atoms. The fourth-order valence-corrected chi connectivity index (χ4v) is 4.79. The maximum absolute atomic E-state index is 12.6. The highest BCUT2D eigenvalue weighted by Gasteiger charge is 2.28. The molecule has 1 amide bonds. The van der Waals surface area contributed by atoms with Gasteiger partial charge in [-0.2, -0.15) is 0 Å². The van der Waals surface area contributed by atoms with Gasteiger partial charge in [0, 0.05) is 30.8 Å². The quantitative estimate of drug-likeness (QED) is 0.620. The highest BCUT2D eigenvalue weighted by atomic mass is 32.1. The van der Waals surface area contributed by atoms with Crippen molar-refractivity contribution in [1.29, 1.82) is 0 Å². The molecule has 6 nitrogen and oxygen atoms in total. The van der Waals surface area contributed by atoms with E-state index in [1.165, 1.54) is 5.56 Å². The second kappa shape index (κ2) is 9.53. The molecular weight excluding hydrogens is 398 g/mol. The first-order chi connectivity index (χ1) is 14.6. The van der Waals surface area contributed by atoms with Gasteiger partial charge in [-0.15, -0.1) is 21.5 Å². The van der Waals surface area contributed by atoms with Gasteiger partial charge in [-0.1, -0.05) is 35.9 Å². The highest BCUT2D eigenvalue weighted by molar-refractivity contribution is 7.10. The number of carbonyl (C=O) groups is 1. The third-order valence-electron chi connectivity index (χ3n) is 5.67. The number of thiophene rings is 1. The van der Waals surface area contributed by atoms with Crippen LogP contribution in [0, 0.1) is 12.8 Å². The van der Waals surface area contributed by atoms with E-state index in [0.717, 1.165) is 23.3 Å². The number of aliphatic hydroxyl groups is 1. The lowest BCUT2D eigenvalue weighted by atomic mass is 9.90. The van der Waals surface area contributed by atoms with Crippen LogP contribution in [-0.4, -0.2) is 39.2 Å². The van der Waals surface area contributed by atoms with Crippen LogP contribution in [0.4, 0.5) is 0 Å². The summed E-state index contributed by atoms with van der Waals surface area (Å²) in [6.07, 6.45) is 2.65. The predicted molar refractivity (Wildman–Crippen MR) is 115 cm³/mol. The average Bonchev–Trinajstić information content (AvgIpc) is 3.44. The maximum Gasteiger partial charge on any atom is 0.223 e. The molecule has 0 aliphatic carbocycles. The van der Waals surface area contributed by atoms with Crippen LogP contribution < -0.4 is 0 Å². The molecular formula is C23H27N3O3S. The number of aryl methyl sites for hydroxylation is 2. The number of nitrogens with zero attached hydrogens (tertiary/aromatic N) is 3. The van der Waals surface area contributed by atoms with Crippen LogP contribution in [0.3, 0.4) is 0 Å². The van der Waals surface area contributed by atoms with Crippen molar-refractivity contribution in [3.63, 3.8) is 0 Å². The van der Waals surface area contributed by atoms with Crippen LogP contribution in [0.1, 0.15) is 53.2 Å². The Hall–Kier alpha value is -2.51. The number of piperidine rings is 1. The second-order valence-electron chi connectivity index (χ2n) is 7.93. The van der Waals surface area contributed by atoms with Crippen molar-refractivity contribution in [2.24, 2.45) is 5.92 Å². The molecule has 158 valence electrons. The fourth-order valence-electron chi connectivity index (χ4n) is 3.99. The molecule has 3 heterocycles. The first-order valence-electron chi connectivity index (χ1n) is 10.4. The number of aromatic nitrogens is 2. The Morgan fingerprint density at radius 2 is 2.03 bits per heavy atom. The Labute approximate surface area is 180 Å². The van der Waals surface area contributed by atoms with Crippen LogP contribution in [0.2, 0.25) is 0 Å². The molecule has 0 saturated carbocycles. The highest BCUT2D eigenvalue weighted by Crippen LogP contribution is 2.33. The number of benzene rings is 1.